The number of ether oxygens (including phenoxy) is 1. The van der Waals surface area contributed by atoms with E-state index >= 15 is 0 Å². The number of aromatic nitrogens is 2. The molecular weight excluding hydrogens is 524 g/mol. The highest BCUT2D eigenvalue weighted by atomic mass is 32.1. The molecule has 0 radical (unpaired) electrons. The summed E-state index contributed by atoms with van der Waals surface area (Å²) in [6.45, 7) is 8.60. The van der Waals surface area contributed by atoms with Crippen LogP contribution in [0.2, 0.25) is 0 Å². The van der Waals surface area contributed by atoms with Crippen LogP contribution in [-0.2, 0) is 6.42 Å². The van der Waals surface area contributed by atoms with Crippen molar-refractivity contribution in [2.45, 2.75) is 46.2 Å². The molecule has 3 heterocycles. The molecule has 0 amide bonds. The highest BCUT2D eigenvalue weighted by molar-refractivity contribution is 7.80. The summed E-state index contributed by atoms with van der Waals surface area (Å²) in [4.78, 5) is 6.95. The number of rotatable bonds is 7. The number of thiocarbonyl (C=S) groups is 1. The lowest BCUT2D eigenvalue weighted by Crippen LogP contribution is -2.29. The molecule has 6 rings (SSSR count). The van der Waals surface area contributed by atoms with Crippen LogP contribution in [0.25, 0.3) is 5.69 Å². The Kier molecular flexibility index (Phi) is 7.33. The second-order valence-corrected chi connectivity index (χ2v) is 10.9. The van der Waals surface area contributed by atoms with Gasteiger partial charge in [0.15, 0.2) is 5.11 Å². The molecule has 0 spiro atoms. The van der Waals surface area contributed by atoms with Gasteiger partial charge in [0.05, 0.1) is 17.8 Å². The molecule has 2 aromatic heterocycles. The van der Waals surface area contributed by atoms with Crippen LogP contribution < -0.4 is 15.0 Å². The molecule has 1 fully saturated rings. The van der Waals surface area contributed by atoms with Crippen LogP contribution in [-0.4, -0.2) is 14.7 Å². The van der Waals surface area contributed by atoms with Crippen LogP contribution in [0, 0.1) is 20.8 Å². The minimum atomic E-state index is -0.108. The zero-order chi connectivity index (χ0) is 28.5. The second-order valence-electron chi connectivity index (χ2n) is 10.5. The Bertz CT molecular complexity index is 1680. The molecule has 5 nitrogen and oxygen atoms in total. The molecule has 1 aliphatic rings. The zero-order valence-corrected chi connectivity index (χ0v) is 24.7. The van der Waals surface area contributed by atoms with E-state index in [0.717, 1.165) is 40.6 Å². The van der Waals surface area contributed by atoms with E-state index in [9.17, 15) is 0 Å². The van der Waals surface area contributed by atoms with E-state index in [-0.39, 0.29) is 12.1 Å². The van der Waals surface area contributed by atoms with Gasteiger partial charge in [-0.2, -0.15) is 0 Å². The maximum atomic E-state index is 6.18. The van der Waals surface area contributed by atoms with Gasteiger partial charge in [-0.3, -0.25) is 4.98 Å². The molecule has 0 saturated carbocycles. The van der Waals surface area contributed by atoms with Gasteiger partial charge >= 0.3 is 0 Å². The minimum Gasteiger partial charge on any atom is -0.457 e. The van der Waals surface area contributed by atoms with Crippen LogP contribution in [0.3, 0.4) is 0 Å². The fraction of sp³-hybridized carbons (Fsp3) is 0.200. The SMILES string of the molecule is CCc1ccc(-n2c(C)cc([C@H]3[C@@H](c4ccccn4)NC(=S)N3c3ccc(Oc4ccccc4C)cc3)c2C)cc1. The number of pyridine rings is 1. The van der Waals surface area contributed by atoms with Gasteiger partial charge in [0.1, 0.15) is 11.5 Å². The van der Waals surface area contributed by atoms with E-state index in [4.69, 9.17) is 21.9 Å². The van der Waals surface area contributed by atoms with Crippen LogP contribution in [0.15, 0.2) is 103 Å². The molecule has 1 N–H and O–H groups in total. The smallest absolute Gasteiger partial charge is 0.174 e. The van der Waals surface area contributed by atoms with E-state index in [1.54, 1.807) is 0 Å². The summed E-state index contributed by atoms with van der Waals surface area (Å²) in [5, 5.41) is 4.27. The largest absolute Gasteiger partial charge is 0.457 e. The van der Waals surface area contributed by atoms with Crippen LogP contribution in [0.1, 0.15) is 52.8 Å². The van der Waals surface area contributed by atoms with E-state index in [1.807, 2.05) is 48.7 Å². The molecule has 41 heavy (non-hydrogen) atoms. The molecule has 0 bridgehead atoms. The lowest BCUT2D eigenvalue weighted by molar-refractivity contribution is 0.479. The Morgan fingerprint density at radius 3 is 2.24 bits per heavy atom. The molecule has 2 atom stereocenters. The van der Waals surface area contributed by atoms with Crippen molar-refractivity contribution in [3.63, 3.8) is 0 Å². The van der Waals surface area contributed by atoms with E-state index in [2.05, 4.69) is 97.1 Å². The fourth-order valence-corrected chi connectivity index (χ4v) is 6.13. The standard InChI is InChI=1S/C35H34N4OS/c1-5-26-13-15-27(16-14-26)38-24(3)22-30(25(38)4)34-33(31-11-8-9-21-36-31)37-35(41)39(34)28-17-19-29(20-18-28)40-32-12-7-6-10-23(32)2/h6-22,33-34H,5H2,1-4H3,(H,37,41)/t33-,34+/m1/s1. The van der Waals surface area contributed by atoms with Crippen molar-refractivity contribution in [2.75, 3.05) is 4.90 Å². The second kappa shape index (κ2) is 11.2. The number of hydrogen-bond donors (Lipinski definition) is 1. The van der Waals surface area contributed by atoms with E-state index in [1.165, 1.54) is 22.5 Å². The van der Waals surface area contributed by atoms with Gasteiger partial charge in [-0.1, -0.05) is 43.3 Å². The Morgan fingerprint density at radius 2 is 1.56 bits per heavy atom. The van der Waals surface area contributed by atoms with Crippen molar-refractivity contribution in [3.05, 3.63) is 137 Å². The Hall–Kier alpha value is -4.42. The maximum absolute atomic E-state index is 6.18. The van der Waals surface area contributed by atoms with Gasteiger partial charge < -0.3 is 19.5 Å². The van der Waals surface area contributed by atoms with Crippen molar-refractivity contribution in [1.29, 1.82) is 0 Å². The number of nitrogens with one attached hydrogen (secondary N) is 1. The van der Waals surface area contributed by atoms with Crippen molar-refractivity contribution in [1.82, 2.24) is 14.9 Å². The first kappa shape index (κ1) is 26.8. The molecule has 0 aliphatic carbocycles. The molecular formula is C35H34N4OS. The molecule has 6 heteroatoms. The van der Waals surface area contributed by atoms with Gasteiger partial charge in [-0.25, -0.2) is 0 Å². The number of anilines is 1. The summed E-state index contributed by atoms with van der Waals surface area (Å²) in [5.41, 5.74) is 9.13. The van der Waals surface area contributed by atoms with Crippen molar-refractivity contribution < 1.29 is 4.74 Å². The summed E-state index contributed by atoms with van der Waals surface area (Å²) < 4.78 is 8.52. The predicted octanol–water partition coefficient (Wildman–Crippen LogP) is 8.33. The first-order valence-electron chi connectivity index (χ1n) is 14.1. The average Bonchev–Trinajstić information content (AvgIpc) is 3.49. The highest BCUT2D eigenvalue weighted by Crippen LogP contribution is 2.44. The zero-order valence-electron chi connectivity index (χ0n) is 23.8. The summed E-state index contributed by atoms with van der Waals surface area (Å²) >= 11 is 5.98. The number of hydrogen-bond acceptors (Lipinski definition) is 3. The lowest BCUT2D eigenvalue weighted by Gasteiger charge is -2.28. The predicted molar refractivity (Wildman–Crippen MR) is 170 cm³/mol. The Labute approximate surface area is 247 Å². The molecule has 3 aromatic carbocycles. The summed E-state index contributed by atoms with van der Waals surface area (Å²) in [5.74, 6) is 1.64. The number of para-hydroxylation sites is 1. The Balaban J connectivity index is 1.40. The van der Waals surface area contributed by atoms with Crippen LogP contribution >= 0.6 is 12.2 Å². The molecule has 206 valence electrons. The first-order chi connectivity index (χ1) is 19.9. The minimum absolute atomic E-state index is 0.0876. The number of nitrogens with zero attached hydrogens (tertiary/aromatic N) is 3. The summed E-state index contributed by atoms with van der Waals surface area (Å²) in [6, 6.07) is 33.2. The quantitative estimate of drug-likeness (QED) is 0.203. The van der Waals surface area contributed by atoms with Gasteiger partial charge in [0.2, 0.25) is 0 Å². The maximum Gasteiger partial charge on any atom is 0.174 e. The van der Waals surface area contributed by atoms with Gasteiger partial charge in [0, 0.05) is 29.0 Å². The van der Waals surface area contributed by atoms with Crippen molar-refractivity contribution in [3.8, 4) is 17.2 Å². The lowest BCUT2D eigenvalue weighted by atomic mass is 9.96. The number of aryl methyl sites for hydroxylation is 3. The third-order valence-electron chi connectivity index (χ3n) is 7.93. The topological polar surface area (TPSA) is 42.3 Å². The van der Waals surface area contributed by atoms with Crippen molar-refractivity contribution in [2.24, 2.45) is 0 Å². The summed E-state index contributed by atoms with van der Waals surface area (Å²) in [7, 11) is 0. The van der Waals surface area contributed by atoms with Gasteiger partial charge in [-0.15, -0.1) is 0 Å². The third-order valence-corrected chi connectivity index (χ3v) is 8.24. The third kappa shape index (κ3) is 5.11. The number of benzene rings is 3. The molecule has 0 unspecified atom stereocenters. The molecule has 1 aliphatic heterocycles. The molecule has 5 aromatic rings. The van der Waals surface area contributed by atoms with Crippen LogP contribution in [0.4, 0.5) is 5.69 Å². The van der Waals surface area contributed by atoms with Gasteiger partial charge in [-0.05, 0) is 117 Å². The Morgan fingerprint density at radius 1 is 0.854 bits per heavy atom. The van der Waals surface area contributed by atoms with Crippen LogP contribution in [0.5, 0.6) is 11.5 Å². The summed E-state index contributed by atoms with van der Waals surface area (Å²) in [6.07, 6.45) is 2.87. The van der Waals surface area contributed by atoms with E-state index in [0.29, 0.717) is 5.11 Å². The molecule has 1 saturated heterocycles. The monoisotopic (exact) mass is 558 g/mol. The van der Waals surface area contributed by atoms with E-state index < -0.39 is 0 Å². The fourth-order valence-electron chi connectivity index (χ4n) is 5.79. The average molecular weight is 559 g/mol. The first-order valence-corrected chi connectivity index (χ1v) is 14.5. The van der Waals surface area contributed by atoms with Crippen molar-refractivity contribution >= 4 is 23.0 Å². The normalized spacial score (nSPS) is 16.6. The van der Waals surface area contributed by atoms with Gasteiger partial charge in [0.25, 0.3) is 0 Å². The highest BCUT2D eigenvalue weighted by Gasteiger charge is 2.42.